The predicted molar refractivity (Wildman–Crippen MR) is 81.1 cm³/mol. The molecule has 0 saturated carbocycles. The van der Waals surface area contributed by atoms with Gasteiger partial charge in [0.15, 0.2) is 6.29 Å². The molecular weight excluding hydrogens is 323 g/mol. The number of halogens is 3. The maximum absolute atomic E-state index is 13.5. The highest BCUT2D eigenvalue weighted by molar-refractivity contribution is 6.00. The highest BCUT2D eigenvalue weighted by Gasteiger charge is 2.39. The van der Waals surface area contributed by atoms with E-state index < -0.39 is 11.9 Å². The second kappa shape index (κ2) is 6.03. The third-order valence-electron chi connectivity index (χ3n) is 3.81. The number of carbonyl (C=O) groups excluding carboxylic acids is 1. The van der Waals surface area contributed by atoms with Crippen LogP contribution < -0.4 is 4.74 Å². The number of hydrogen-bond donors (Lipinski definition) is 0. The van der Waals surface area contributed by atoms with Gasteiger partial charge in [-0.1, -0.05) is 0 Å². The summed E-state index contributed by atoms with van der Waals surface area (Å²) in [6.07, 6.45) is -1.18. The number of fused-ring (bicyclic) bond motifs is 1. The highest BCUT2D eigenvalue weighted by atomic mass is 19.4. The normalized spacial score (nSPS) is 11.8. The fourth-order valence-corrected chi connectivity index (χ4v) is 2.78. The average molecular weight is 337 g/mol. The standard InChI is InChI=1S/C16H14F3N3O2/c1-24-11-3-4-14-12(9-11)13(10-23)15(16(17,18)19)22(14)8-7-21-6-2-5-20-21/h2-6,9-10H,7-8H2,1H3. The molecule has 0 aliphatic rings. The molecule has 0 spiro atoms. The van der Waals surface area contributed by atoms with E-state index in [2.05, 4.69) is 5.10 Å². The van der Waals surface area contributed by atoms with Gasteiger partial charge in [0.1, 0.15) is 11.4 Å². The maximum Gasteiger partial charge on any atom is 0.432 e. The molecule has 0 radical (unpaired) electrons. The van der Waals surface area contributed by atoms with Gasteiger partial charge in [0.05, 0.1) is 19.2 Å². The molecule has 2 aromatic heterocycles. The van der Waals surface area contributed by atoms with E-state index in [1.165, 1.54) is 23.9 Å². The van der Waals surface area contributed by atoms with Crippen molar-refractivity contribution in [3.63, 3.8) is 0 Å². The number of rotatable bonds is 5. The van der Waals surface area contributed by atoms with E-state index in [-0.39, 0.29) is 30.3 Å². The first kappa shape index (κ1) is 16.1. The number of ether oxygens (including phenoxy) is 1. The largest absolute Gasteiger partial charge is 0.497 e. The molecule has 1 aromatic carbocycles. The molecule has 0 atom stereocenters. The van der Waals surface area contributed by atoms with Gasteiger partial charge in [0, 0.05) is 29.8 Å². The van der Waals surface area contributed by atoms with E-state index >= 15 is 0 Å². The van der Waals surface area contributed by atoms with E-state index in [1.807, 2.05) is 0 Å². The van der Waals surface area contributed by atoms with E-state index in [1.54, 1.807) is 24.5 Å². The second-order valence-electron chi connectivity index (χ2n) is 5.18. The van der Waals surface area contributed by atoms with Crippen molar-refractivity contribution in [1.29, 1.82) is 0 Å². The van der Waals surface area contributed by atoms with Gasteiger partial charge in [-0.3, -0.25) is 9.48 Å². The Hall–Kier alpha value is -2.77. The SMILES string of the molecule is COc1ccc2c(c1)c(C=O)c(C(F)(F)F)n2CCn1cccn1. The molecule has 5 nitrogen and oxygen atoms in total. The summed E-state index contributed by atoms with van der Waals surface area (Å²) in [5.41, 5.74) is -0.998. The molecular formula is C16H14F3N3O2. The lowest BCUT2D eigenvalue weighted by molar-refractivity contribution is -0.143. The van der Waals surface area contributed by atoms with Gasteiger partial charge in [-0.05, 0) is 24.3 Å². The summed E-state index contributed by atoms with van der Waals surface area (Å²) in [6, 6.07) is 6.24. The van der Waals surface area contributed by atoms with Gasteiger partial charge < -0.3 is 9.30 Å². The highest BCUT2D eigenvalue weighted by Crippen LogP contribution is 2.38. The summed E-state index contributed by atoms with van der Waals surface area (Å²) in [7, 11) is 1.42. The molecule has 2 heterocycles. The Kier molecular flexibility index (Phi) is 4.04. The van der Waals surface area contributed by atoms with Crippen LogP contribution in [0.15, 0.2) is 36.7 Å². The lowest BCUT2D eigenvalue weighted by Crippen LogP contribution is -2.18. The van der Waals surface area contributed by atoms with Crippen LogP contribution >= 0.6 is 0 Å². The Balaban J connectivity index is 2.18. The lowest BCUT2D eigenvalue weighted by Gasteiger charge is -2.14. The number of aryl methyl sites for hydroxylation is 2. The Labute approximate surface area is 135 Å². The third-order valence-corrected chi connectivity index (χ3v) is 3.81. The summed E-state index contributed by atoms with van der Waals surface area (Å²) in [6.45, 7) is 0.289. The minimum Gasteiger partial charge on any atom is -0.497 e. The van der Waals surface area contributed by atoms with Crippen LogP contribution in [0.25, 0.3) is 10.9 Å². The fraction of sp³-hybridized carbons (Fsp3) is 0.250. The molecule has 3 rings (SSSR count). The molecule has 0 bridgehead atoms. The number of nitrogens with zero attached hydrogens (tertiary/aromatic N) is 3. The first-order valence-electron chi connectivity index (χ1n) is 7.15. The fourth-order valence-electron chi connectivity index (χ4n) is 2.78. The zero-order valence-electron chi connectivity index (χ0n) is 12.7. The third kappa shape index (κ3) is 2.75. The molecule has 0 unspecified atom stereocenters. The molecule has 0 aliphatic carbocycles. The van der Waals surface area contributed by atoms with Crippen molar-refractivity contribution in [3.05, 3.63) is 47.9 Å². The van der Waals surface area contributed by atoms with Crippen molar-refractivity contribution in [2.24, 2.45) is 0 Å². The molecule has 0 saturated heterocycles. The van der Waals surface area contributed by atoms with Gasteiger partial charge in [-0.15, -0.1) is 0 Å². The summed E-state index contributed by atoms with van der Waals surface area (Å²) < 4.78 is 48.4. The van der Waals surface area contributed by atoms with Gasteiger partial charge in [-0.2, -0.15) is 18.3 Å². The van der Waals surface area contributed by atoms with Crippen molar-refractivity contribution in [3.8, 4) is 5.75 Å². The summed E-state index contributed by atoms with van der Waals surface area (Å²) in [5, 5.41) is 4.21. The van der Waals surface area contributed by atoms with Crippen molar-refractivity contribution in [1.82, 2.24) is 14.3 Å². The van der Waals surface area contributed by atoms with Crippen molar-refractivity contribution in [2.75, 3.05) is 7.11 Å². The predicted octanol–water partition coefficient (Wildman–Crippen LogP) is 3.38. The number of aldehydes is 1. The monoisotopic (exact) mass is 337 g/mol. The number of carbonyl (C=O) groups is 1. The van der Waals surface area contributed by atoms with Crippen molar-refractivity contribution < 1.29 is 22.7 Å². The quantitative estimate of drug-likeness (QED) is 0.671. The van der Waals surface area contributed by atoms with Crippen LogP contribution in [0.5, 0.6) is 5.75 Å². The van der Waals surface area contributed by atoms with Gasteiger partial charge in [-0.25, -0.2) is 0 Å². The summed E-state index contributed by atoms with van der Waals surface area (Å²) in [5.74, 6) is 0.392. The summed E-state index contributed by atoms with van der Waals surface area (Å²) >= 11 is 0. The minimum atomic E-state index is -4.65. The molecule has 8 heteroatoms. The topological polar surface area (TPSA) is 49.0 Å². The number of benzene rings is 1. The lowest BCUT2D eigenvalue weighted by atomic mass is 10.1. The number of methoxy groups -OCH3 is 1. The first-order valence-corrected chi connectivity index (χ1v) is 7.15. The Bertz CT molecular complexity index is 867. The van der Waals surface area contributed by atoms with Crippen LogP contribution in [0.1, 0.15) is 16.1 Å². The van der Waals surface area contributed by atoms with Crippen LogP contribution in [-0.4, -0.2) is 27.7 Å². The number of hydrogen-bond acceptors (Lipinski definition) is 3. The Morgan fingerprint density at radius 3 is 2.67 bits per heavy atom. The Morgan fingerprint density at radius 1 is 1.29 bits per heavy atom. The van der Waals surface area contributed by atoms with Crippen LogP contribution in [-0.2, 0) is 19.3 Å². The van der Waals surface area contributed by atoms with Crippen molar-refractivity contribution >= 4 is 17.2 Å². The van der Waals surface area contributed by atoms with Gasteiger partial charge in [0.2, 0.25) is 0 Å². The molecule has 126 valence electrons. The van der Waals surface area contributed by atoms with Gasteiger partial charge >= 0.3 is 6.18 Å². The van der Waals surface area contributed by atoms with Crippen LogP contribution in [0.3, 0.4) is 0 Å². The zero-order valence-corrected chi connectivity index (χ0v) is 12.7. The first-order chi connectivity index (χ1) is 11.5. The minimum absolute atomic E-state index is 0.0349. The van der Waals surface area contributed by atoms with Crippen LogP contribution in [0.2, 0.25) is 0 Å². The summed E-state index contributed by atoms with van der Waals surface area (Å²) in [4.78, 5) is 11.4. The van der Waals surface area contributed by atoms with E-state index in [4.69, 9.17) is 4.74 Å². The average Bonchev–Trinajstić information content (AvgIpc) is 3.17. The maximum atomic E-state index is 13.5. The Morgan fingerprint density at radius 2 is 2.08 bits per heavy atom. The molecule has 0 N–H and O–H groups in total. The molecule has 0 aliphatic heterocycles. The molecule has 3 aromatic rings. The van der Waals surface area contributed by atoms with E-state index in [0.29, 0.717) is 11.3 Å². The van der Waals surface area contributed by atoms with E-state index in [0.717, 1.165) is 4.57 Å². The van der Waals surface area contributed by atoms with Crippen molar-refractivity contribution in [2.45, 2.75) is 19.3 Å². The number of aromatic nitrogens is 3. The molecule has 0 amide bonds. The zero-order chi connectivity index (χ0) is 17.3. The van der Waals surface area contributed by atoms with Crippen LogP contribution in [0.4, 0.5) is 13.2 Å². The van der Waals surface area contributed by atoms with Crippen LogP contribution in [0, 0.1) is 0 Å². The van der Waals surface area contributed by atoms with E-state index in [9.17, 15) is 18.0 Å². The number of alkyl halides is 3. The van der Waals surface area contributed by atoms with Gasteiger partial charge in [0.25, 0.3) is 0 Å². The smallest absolute Gasteiger partial charge is 0.432 e. The molecule has 0 fully saturated rings. The molecule has 24 heavy (non-hydrogen) atoms. The second-order valence-corrected chi connectivity index (χ2v) is 5.18.